The molecule has 75 heavy (non-hydrogen) atoms. The molecule has 0 radical (unpaired) electrons. The van der Waals surface area contributed by atoms with Crippen molar-refractivity contribution < 1.29 is 4.42 Å². The van der Waals surface area contributed by atoms with E-state index in [-0.39, 0.29) is 44.6 Å². The highest BCUT2D eigenvalue weighted by atomic mass is 28.3. The second-order valence-corrected chi connectivity index (χ2v) is 35.4. The molecule has 0 unspecified atom stereocenters. The van der Waals surface area contributed by atoms with Gasteiger partial charge in [-0.2, -0.15) is 0 Å². The molecule has 0 atom stereocenters. The van der Waals surface area contributed by atoms with Gasteiger partial charge in [0.25, 0.3) is 6.71 Å². The van der Waals surface area contributed by atoms with Crippen molar-refractivity contribution >= 4 is 81.7 Å². The van der Waals surface area contributed by atoms with Gasteiger partial charge in [0.05, 0.1) is 13.8 Å². The van der Waals surface area contributed by atoms with Crippen molar-refractivity contribution in [1.82, 2.24) is 0 Å². The highest BCUT2D eigenvalue weighted by molar-refractivity contribution is 7.01. The molecule has 6 aromatic carbocycles. The van der Waals surface area contributed by atoms with Crippen LogP contribution in [-0.2, 0) is 37.9 Å². The minimum atomic E-state index is -1.54. The summed E-state index contributed by atoms with van der Waals surface area (Å²) < 4.78 is 7.70. The molecule has 3 nitrogen and oxygen atoms in total. The first kappa shape index (κ1) is 50.6. The number of anilines is 6. The van der Waals surface area contributed by atoms with Gasteiger partial charge in [0.1, 0.15) is 5.58 Å². The van der Waals surface area contributed by atoms with E-state index in [1.165, 1.54) is 117 Å². The average Bonchev–Trinajstić information content (AvgIpc) is 3.72. The third-order valence-electron chi connectivity index (χ3n) is 20.0. The van der Waals surface area contributed by atoms with Crippen LogP contribution < -0.4 is 31.4 Å². The first-order chi connectivity index (χ1) is 34.8. The Morgan fingerprint density at radius 1 is 0.480 bits per heavy atom. The Bertz CT molecular complexity index is 3550. The van der Waals surface area contributed by atoms with Crippen LogP contribution in [0, 0.1) is 6.92 Å². The van der Waals surface area contributed by atoms with E-state index < -0.39 is 8.07 Å². The molecule has 3 aliphatic carbocycles. The normalized spacial score (nSPS) is 20.2. The van der Waals surface area contributed by atoms with E-state index in [2.05, 4.69) is 237 Å². The molecule has 1 aromatic heterocycles. The van der Waals surface area contributed by atoms with E-state index in [1.54, 1.807) is 0 Å². The molecular weight excluding hydrogens is 924 g/mol. The lowest BCUT2D eigenvalue weighted by Crippen LogP contribution is -2.61. The third-order valence-corrected chi connectivity index (χ3v) is 22.1. The number of fused-ring (bicyclic) bond motifs is 9. The van der Waals surface area contributed by atoms with Crippen LogP contribution in [0.1, 0.15) is 187 Å². The number of benzene rings is 6. The van der Waals surface area contributed by atoms with E-state index in [1.807, 2.05) is 0 Å². The third kappa shape index (κ3) is 7.68. The SMILES string of the molecule is Cc1cc2c3c(c1)N(c1ccc4c(c1)C(C)(C)CCC4(C)C)c1oc4cc5c(cc4c1B3c1cc3c(cc1N2c1ccc(C(C)(C)C)cc1-c1ccc([Si](C)(C)C)cc1)C(C)(C)CCC3(C)C)C(C)(C)CCC5(C)C. The molecule has 5 heteroatoms. The van der Waals surface area contributed by atoms with E-state index in [0.717, 1.165) is 43.6 Å². The second kappa shape index (κ2) is 15.9. The zero-order valence-corrected chi connectivity index (χ0v) is 50.4. The molecule has 3 heterocycles. The lowest BCUT2D eigenvalue weighted by atomic mass is 9.33. The molecule has 0 N–H and O–H groups in total. The quantitative estimate of drug-likeness (QED) is 0.164. The van der Waals surface area contributed by atoms with Gasteiger partial charge < -0.3 is 9.32 Å². The summed E-state index contributed by atoms with van der Waals surface area (Å²) in [5.41, 5.74) is 25.4. The molecule has 0 bridgehead atoms. The number of hydrogen-bond acceptors (Lipinski definition) is 3. The van der Waals surface area contributed by atoms with Crippen LogP contribution in [0.4, 0.5) is 34.3 Å². The summed E-state index contributed by atoms with van der Waals surface area (Å²) >= 11 is 0. The van der Waals surface area contributed by atoms with Crippen molar-refractivity contribution in [3.63, 3.8) is 0 Å². The van der Waals surface area contributed by atoms with Crippen LogP contribution in [0.3, 0.4) is 0 Å². The molecule has 388 valence electrons. The minimum Gasteiger partial charge on any atom is -0.440 e. The lowest BCUT2D eigenvalue weighted by Gasteiger charge is -2.47. The van der Waals surface area contributed by atoms with Crippen molar-refractivity contribution in [2.75, 3.05) is 9.80 Å². The monoisotopic (exact) mass is 1010 g/mol. The Morgan fingerprint density at radius 2 is 0.987 bits per heavy atom. The first-order valence-corrected chi connectivity index (χ1v) is 32.2. The van der Waals surface area contributed by atoms with Crippen LogP contribution in [-0.4, -0.2) is 14.8 Å². The van der Waals surface area contributed by atoms with Crippen LogP contribution in [0.2, 0.25) is 19.6 Å². The maximum Gasteiger partial charge on any atom is 0.257 e. The summed E-state index contributed by atoms with van der Waals surface area (Å²) in [6.45, 7) is 46.4. The number of hydrogen-bond donors (Lipinski definition) is 0. The number of rotatable bonds is 4. The molecule has 0 saturated carbocycles. The number of nitrogens with zero attached hydrogens (tertiary/aromatic N) is 2. The summed E-state index contributed by atoms with van der Waals surface area (Å²) in [7, 11) is -1.54. The predicted octanol–water partition coefficient (Wildman–Crippen LogP) is 17.4. The second-order valence-electron chi connectivity index (χ2n) is 30.3. The van der Waals surface area contributed by atoms with Gasteiger partial charge in [-0.05, 0) is 199 Å². The van der Waals surface area contributed by atoms with Crippen LogP contribution in [0.15, 0.2) is 101 Å². The minimum absolute atomic E-state index is 0.0122. The van der Waals surface area contributed by atoms with Crippen molar-refractivity contribution in [3.8, 4) is 11.1 Å². The molecular formula is C70H85BN2OSi. The van der Waals surface area contributed by atoms with E-state index >= 15 is 0 Å². The Balaban J connectivity index is 1.23. The maximum atomic E-state index is 7.70. The summed E-state index contributed by atoms with van der Waals surface area (Å²) in [5, 5.41) is 2.75. The fourth-order valence-corrected chi connectivity index (χ4v) is 15.7. The van der Waals surface area contributed by atoms with Crippen molar-refractivity contribution in [2.45, 2.75) is 207 Å². The standard InChI is InChI=1S/C70H85BN2OSi/c1-42-34-58-62-59(35-42)73(56-27-22-44(64(2,3)4)36-47(56)43-20-24-46(25-21-43)75(17,18)19)57-40-53-52(68(11,12)31-32-69(53,13)14)39-55(57)71(62)61-48-38-51-54(70(15,16)33-30-67(51,9)10)41-60(48)74-63(61)72(58)45-23-26-49-50(37-45)66(7,8)29-28-65(49,5)6/h20-27,34-41H,28-33H2,1-19H3. The Morgan fingerprint density at radius 3 is 1.55 bits per heavy atom. The van der Waals surface area contributed by atoms with Gasteiger partial charge in [0, 0.05) is 39.2 Å². The van der Waals surface area contributed by atoms with Gasteiger partial charge in [0.2, 0.25) is 5.88 Å². The fourth-order valence-electron chi connectivity index (χ4n) is 14.6. The largest absolute Gasteiger partial charge is 0.440 e. The van der Waals surface area contributed by atoms with Gasteiger partial charge in [0.15, 0.2) is 0 Å². The average molecular weight is 1010 g/mol. The topological polar surface area (TPSA) is 19.6 Å². The summed E-state index contributed by atoms with van der Waals surface area (Å²) in [6, 6.07) is 40.0. The Kier molecular flexibility index (Phi) is 10.7. The summed E-state index contributed by atoms with van der Waals surface area (Å²) in [6.07, 6.45) is 6.97. The Hall–Kier alpha value is -5.26. The maximum absolute atomic E-state index is 7.70. The smallest absolute Gasteiger partial charge is 0.257 e. The Labute approximate surface area is 453 Å². The van der Waals surface area contributed by atoms with Crippen LogP contribution >= 0.6 is 0 Å². The zero-order chi connectivity index (χ0) is 53.7. The lowest BCUT2D eigenvalue weighted by molar-refractivity contribution is 0.332. The van der Waals surface area contributed by atoms with Crippen molar-refractivity contribution in [1.29, 1.82) is 0 Å². The van der Waals surface area contributed by atoms with Gasteiger partial charge >= 0.3 is 0 Å². The molecule has 2 aliphatic heterocycles. The van der Waals surface area contributed by atoms with E-state index in [9.17, 15) is 0 Å². The molecule has 0 spiro atoms. The van der Waals surface area contributed by atoms with Crippen LogP contribution in [0.25, 0.3) is 22.1 Å². The fraction of sp³-hybridized carbons (Fsp3) is 0.457. The molecule has 12 rings (SSSR count). The van der Waals surface area contributed by atoms with Crippen molar-refractivity contribution in [2.24, 2.45) is 0 Å². The summed E-state index contributed by atoms with van der Waals surface area (Å²) in [5.74, 6) is 0.972. The highest BCUT2D eigenvalue weighted by Crippen LogP contribution is 2.55. The van der Waals surface area contributed by atoms with Crippen LogP contribution in [0.5, 0.6) is 0 Å². The summed E-state index contributed by atoms with van der Waals surface area (Å²) in [4.78, 5) is 5.29. The van der Waals surface area contributed by atoms with Gasteiger partial charge in [-0.25, -0.2) is 0 Å². The molecule has 0 amide bonds. The molecule has 5 aliphatic rings. The number of furan rings is 1. The predicted molar refractivity (Wildman–Crippen MR) is 328 cm³/mol. The van der Waals surface area contributed by atoms with Gasteiger partial charge in [-0.15, -0.1) is 0 Å². The molecule has 0 saturated heterocycles. The molecule has 0 fully saturated rings. The number of aryl methyl sites for hydroxylation is 1. The highest BCUT2D eigenvalue weighted by Gasteiger charge is 2.50. The van der Waals surface area contributed by atoms with Gasteiger partial charge in [-0.1, -0.05) is 171 Å². The zero-order valence-electron chi connectivity index (χ0n) is 49.4. The first-order valence-electron chi connectivity index (χ1n) is 28.7. The van der Waals surface area contributed by atoms with Crippen molar-refractivity contribution in [3.05, 3.63) is 142 Å². The van der Waals surface area contributed by atoms with E-state index in [0.29, 0.717) is 0 Å². The molecule has 7 aromatic rings. The van der Waals surface area contributed by atoms with E-state index in [4.69, 9.17) is 4.42 Å². The van der Waals surface area contributed by atoms with Gasteiger partial charge in [-0.3, -0.25) is 4.90 Å².